The molecule has 0 aliphatic heterocycles. The lowest BCUT2D eigenvalue weighted by Crippen LogP contribution is -2.17. The van der Waals surface area contributed by atoms with Crippen molar-refractivity contribution in [1.29, 1.82) is 0 Å². The lowest BCUT2D eigenvalue weighted by Gasteiger charge is -2.15. The largest absolute Gasteiger partial charge is 0.488 e. The topological polar surface area (TPSA) is 47.3 Å². The Morgan fingerprint density at radius 1 is 1.29 bits per heavy atom. The van der Waals surface area contributed by atoms with Crippen LogP contribution >= 0.6 is 0 Å². The van der Waals surface area contributed by atoms with Crippen LogP contribution in [-0.2, 0) is 6.61 Å². The van der Waals surface area contributed by atoms with Crippen molar-refractivity contribution in [2.24, 2.45) is 0 Å². The molecule has 0 amide bonds. The first kappa shape index (κ1) is 15.6. The van der Waals surface area contributed by atoms with Crippen LogP contribution in [0.2, 0.25) is 0 Å². The lowest BCUT2D eigenvalue weighted by molar-refractivity contribution is 0.299. The maximum absolute atomic E-state index is 5.92. The molecule has 0 aliphatic carbocycles. The van der Waals surface area contributed by atoms with E-state index in [1.165, 1.54) is 5.56 Å². The molecule has 1 aromatic heterocycles. The van der Waals surface area contributed by atoms with Gasteiger partial charge >= 0.3 is 0 Å². The minimum absolute atomic E-state index is 0.352. The summed E-state index contributed by atoms with van der Waals surface area (Å²) in [5.41, 5.74) is 4.34. The fourth-order valence-electron chi connectivity index (χ4n) is 2.39. The molecule has 0 saturated carbocycles. The van der Waals surface area contributed by atoms with Crippen LogP contribution in [0, 0.1) is 20.8 Å². The van der Waals surface area contributed by atoms with E-state index in [2.05, 4.69) is 43.4 Å². The van der Waals surface area contributed by atoms with Gasteiger partial charge in [0.2, 0.25) is 0 Å². The smallest absolute Gasteiger partial charge is 0.140 e. The molecule has 2 aromatic rings. The second kappa shape index (κ2) is 6.76. The van der Waals surface area contributed by atoms with E-state index >= 15 is 0 Å². The van der Waals surface area contributed by atoms with Gasteiger partial charge in [0.25, 0.3) is 0 Å². The highest BCUT2D eigenvalue weighted by molar-refractivity contribution is 5.37. The Morgan fingerprint density at radius 2 is 2.05 bits per heavy atom. The number of nitrogens with zero attached hydrogens (tertiary/aromatic N) is 1. The molecule has 4 nitrogen and oxygen atoms in total. The predicted molar refractivity (Wildman–Crippen MR) is 83.6 cm³/mol. The first-order valence-corrected chi connectivity index (χ1v) is 7.41. The molecule has 1 aromatic carbocycles. The monoisotopic (exact) mass is 288 g/mol. The Bertz CT molecular complexity index is 585. The number of hydrogen-bond acceptors (Lipinski definition) is 4. The van der Waals surface area contributed by atoms with Crippen LogP contribution in [0.1, 0.15) is 48.0 Å². The van der Waals surface area contributed by atoms with Gasteiger partial charge < -0.3 is 14.6 Å². The van der Waals surface area contributed by atoms with Gasteiger partial charge in [-0.3, -0.25) is 0 Å². The van der Waals surface area contributed by atoms with Crippen molar-refractivity contribution >= 4 is 0 Å². The minimum Gasteiger partial charge on any atom is -0.488 e. The summed E-state index contributed by atoms with van der Waals surface area (Å²) in [5.74, 6) is 1.73. The van der Waals surface area contributed by atoms with E-state index in [0.29, 0.717) is 12.6 Å². The molecule has 0 fully saturated rings. The first-order valence-electron chi connectivity index (χ1n) is 7.41. The summed E-state index contributed by atoms with van der Waals surface area (Å²) in [5, 5.41) is 7.36. The fourth-order valence-corrected chi connectivity index (χ4v) is 2.39. The van der Waals surface area contributed by atoms with E-state index in [0.717, 1.165) is 34.9 Å². The SMILES string of the molecule is CCNC(C)c1ccc(OCc2c(C)noc2C)c(C)c1. The van der Waals surface area contributed by atoms with E-state index in [-0.39, 0.29) is 0 Å². The van der Waals surface area contributed by atoms with E-state index in [1.807, 2.05) is 19.9 Å². The summed E-state index contributed by atoms with van der Waals surface area (Å²) in [6.45, 7) is 11.7. The number of hydrogen-bond donors (Lipinski definition) is 1. The molecule has 21 heavy (non-hydrogen) atoms. The molecular weight excluding hydrogens is 264 g/mol. The summed E-state index contributed by atoms with van der Waals surface area (Å²) in [6.07, 6.45) is 0. The average Bonchev–Trinajstić information content (AvgIpc) is 2.77. The van der Waals surface area contributed by atoms with Gasteiger partial charge in [-0.15, -0.1) is 0 Å². The summed E-state index contributed by atoms with van der Waals surface area (Å²) in [6, 6.07) is 6.68. The van der Waals surface area contributed by atoms with Crippen molar-refractivity contribution in [3.8, 4) is 5.75 Å². The van der Waals surface area contributed by atoms with Crippen LogP contribution in [0.5, 0.6) is 5.75 Å². The van der Waals surface area contributed by atoms with Crippen LogP contribution < -0.4 is 10.1 Å². The van der Waals surface area contributed by atoms with Crippen molar-refractivity contribution < 1.29 is 9.26 Å². The van der Waals surface area contributed by atoms with Gasteiger partial charge in [0.1, 0.15) is 18.1 Å². The molecule has 0 aliphatic rings. The molecule has 1 heterocycles. The Labute approximate surface area is 126 Å². The van der Waals surface area contributed by atoms with E-state index in [4.69, 9.17) is 9.26 Å². The van der Waals surface area contributed by atoms with Crippen LogP contribution in [0.15, 0.2) is 22.7 Å². The molecule has 2 rings (SSSR count). The number of rotatable bonds is 6. The molecule has 0 bridgehead atoms. The molecule has 0 spiro atoms. The summed E-state index contributed by atoms with van der Waals surface area (Å²) in [7, 11) is 0. The zero-order chi connectivity index (χ0) is 15.4. The van der Waals surface area contributed by atoms with Crippen LogP contribution in [0.4, 0.5) is 0 Å². The minimum atomic E-state index is 0.352. The zero-order valence-corrected chi connectivity index (χ0v) is 13.5. The van der Waals surface area contributed by atoms with Gasteiger partial charge in [-0.05, 0) is 51.4 Å². The van der Waals surface area contributed by atoms with Crippen molar-refractivity contribution in [2.75, 3.05) is 6.54 Å². The van der Waals surface area contributed by atoms with Gasteiger partial charge in [-0.25, -0.2) is 0 Å². The number of nitrogens with one attached hydrogen (secondary N) is 1. The van der Waals surface area contributed by atoms with Crippen LogP contribution in [0.3, 0.4) is 0 Å². The molecule has 114 valence electrons. The maximum atomic E-state index is 5.92. The Morgan fingerprint density at radius 3 is 2.62 bits per heavy atom. The van der Waals surface area contributed by atoms with Crippen LogP contribution in [-0.4, -0.2) is 11.7 Å². The molecule has 1 unspecified atom stereocenters. The highest BCUT2D eigenvalue weighted by Crippen LogP contribution is 2.24. The molecule has 0 saturated heterocycles. The number of benzene rings is 1. The normalized spacial score (nSPS) is 12.4. The van der Waals surface area contributed by atoms with Gasteiger partial charge in [0.05, 0.1) is 11.3 Å². The third-order valence-corrected chi connectivity index (χ3v) is 3.76. The van der Waals surface area contributed by atoms with Gasteiger partial charge in [-0.1, -0.05) is 24.2 Å². The quantitative estimate of drug-likeness (QED) is 0.877. The Kier molecular flexibility index (Phi) is 5.02. The number of aryl methyl sites for hydroxylation is 3. The summed E-state index contributed by atoms with van der Waals surface area (Å²) >= 11 is 0. The number of ether oxygens (including phenoxy) is 1. The van der Waals surface area contributed by atoms with Crippen molar-refractivity contribution in [1.82, 2.24) is 10.5 Å². The maximum Gasteiger partial charge on any atom is 0.140 e. The van der Waals surface area contributed by atoms with Gasteiger partial charge in [-0.2, -0.15) is 0 Å². The molecule has 4 heteroatoms. The molecule has 1 atom stereocenters. The van der Waals surface area contributed by atoms with E-state index < -0.39 is 0 Å². The van der Waals surface area contributed by atoms with E-state index in [1.54, 1.807) is 0 Å². The summed E-state index contributed by atoms with van der Waals surface area (Å²) < 4.78 is 11.1. The Balaban J connectivity index is 2.08. The van der Waals surface area contributed by atoms with Gasteiger partial charge in [0.15, 0.2) is 0 Å². The fraction of sp³-hybridized carbons (Fsp3) is 0.471. The standard InChI is InChI=1S/C17H24N2O2/c1-6-18-12(3)15-7-8-17(11(2)9-15)20-10-16-13(4)19-21-14(16)5/h7-9,12,18H,6,10H2,1-5H3. The highest BCUT2D eigenvalue weighted by atomic mass is 16.5. The third-order valence-electron chi connectivity index (χ3n) is 3.76. The Hall–Kier alpha value is -1.81. The average molecular weight is 288 g/mol. The van der Waals surface area contributed by atoms with E-state index in [9.17, 15) is 0 Å². The van der Waals surface area contributed by atoms with Crippen LogP contribution in [0.25, 0.3) is 0 Å². The number of aromatic nitrogens is 1. The van der Waals surface area contributed by atoms with Crippen molar-refractivity contribution in [2.45, 2.75) is 47.3 Å². The molecule has 1 N–H and O–H groups in total. The predicted octanol–water partition coefficient (Wildman–Crippen LogP) is 3.85. The first-order chi connectivity index (χ1) is 10.0. The van der Waals surface area contributed by atoms with Crippen molar-refractivity contribution in [3.05, 3.63) is 46.3 Å². The second-order valence-corrected chi connectivity index (χ2v) is 5.40. The zero-order valence-electron chi connectivity index (χ0n) is 13.5. The third kappa shape index (κ3) is 3.64. The van der Waals surface area contributed by atoms with Gasteiger partial charge in [0, 0.05) is 6.04 Å². The highest BCUT2D eigenvalue weighted by Gasteiger charge is 2.11. The molecular formula is C17H24N2O2. The summed E-state index contributed by atoms with van der Waals surface area (Å²) in [4.78, 5) is 0. The lowest BCUT2D eigenvalue weighted by atomic mass is 10.0. The van der Waals surface area contributed by atoms with Crippen molar-refractivity contribution in [3.63, 3.8) is 0 Å². The second-order valence-electron chi connectivity index (χ2n) is 5.40. The molecule has 0 radical (unpaired) electrons.